The van der Waals surface area contributed by atoms with Crippen LogP contribution in [0.2, 0.25) is 0 Å². The van der Waals surface area contributed by atoms with Gasteiger partial charge in [0.05, 0.1) is 18.8 Å². The largest absolute Gasteiger partial charge is 0.386 e. The van der Waals surface area contributed by atoms with Gasteiger partial charge >= 0.3 is 0 Å². The summed E-state index contributed by atoms with van der Waals surface area (Å²) in [4.78, 5) is 0. The summed E-state index contributed by atoms with van der Waals surface area (Å²) < 4.78 is 5.10. The molecule has 0 spiro atoms. The summed E-state index contributed by atoms with van der Waals surface area (Å²) in [7, 11) is 1.68. The Labute approximate surface area is 119 Å². The van der Waals surface area contributed by atoms with Gasteiger partial charge in [0.15, 0.2) is 0 Å². The SMILES string of the molecule is COCc1ccc(C(O)C2NCc3ccccc32)cc1. The first-order valence-corrected chi connectivity index (χ1v) is 6.86. The van der Waals surface area contributed by atoms with Gasteiger partial charge in [-0.25, -0.2) is 0 Å². The van der Waals surface area contributed by atoms with Gasteiger partial charge in [-0.3, -0.25) is 0 Å². The Kier molecular flexibility index (Phi) is 3.83. The molecule has 2 atom stereocenters. The molecule has 2 aromatic carbocycles. The lowest BCUT2D eigenvalue weighted by Gasteiger charge is -2.20. The second-order valence-corrected chi connectivity index (χ2v) is 5.18. The maximum Gasteiger partial charge on any atom is 0.0984 e. The highest BCUT2D eigenvalue weighted by atomic mass is 16.5. The van der Waals surface area contributed by atoms with Crippen LogP contribution in [0.1, 0.15) is 34.4 Å². The number of nitrogens with one attached hydrogen (secondary N) is 1. The lowest BCUT2D eigenvalue weighted by Crippen LogP contribution is -2.20. The van der Waals surface area contributed by atoms with Crippen molar-refractivity contribution in [3.05, 3.63) is 70.8 Å². The number of ether oxygens (including phenoxy) is 1. The zero-order valence-corrected chi connectivity index (χ0v) is 11.5. The Hall–Kier alpha value is -1.68. The van der Waals surface area contributed by atoms with Gasteiger partial charge < -0.3 is 15.2 Å². The van der Waals surface area contributed by atoms with Crippen LogP contribution >= 0.6 is 0 Å². The summed E-state index contributed by atoms with van der Waals surface area (Å²) in [6.45, 7) is 1.42. The van der Waals surface area contributed by atoms with Crippen LogP contribution in [0.3, 0.4) is 0 Å². The van der Waals surface area contributed by atoms with Crippen LogP contribution in [0.4, 0.5) is 0 Å². The number of fused-ring (bicyclic) bond motifs is 1. The molecular weight excluding hydrogens is 250 g/mol. The van der Waals surface area contributed by atoms with Crippen LogP contribution in [-0.4, -0.2) is 12.2 Å². The number of methoxy groups -OCH3 is 1. The molecule has 0 amide bonds. The van der Waals surface area contributed by atoms with Crippen molar-refractivity contribution in [3.8, 4) is 0 Å². The van der Waals surface area contributed by atoms with Crippen molar-refractivity contribution in [2.24, 2.45) is 0 Å². The molecule has 0 radical (unpaired) electrons. The van der Waals surface area contributed by atoms with Gasteiger partial charge in [-0.1, -0.05) is 48.5 Å². The highest BCUT2D eigenvalue weighted by Crippen LogP contribution is 2.35. The molecule has 0 fully saturated rings. The fraction of sp³-hybridized carbons (Fsp3) is 0.294. The predicted molar refractivity (Wildman–Crippen MR) is 78.1 cm³/mol. The third-order valence-corrected chi connectivity index (χ3v) is 3.85. The van der Waals surface area contributed by atoms with Crippen molar-refractivity contribution in [3.63, 3.8) is 0 Å². The van der Waals surface area contributed by atoms with E-state index in [2.05, 4.69) is 17.4 Å². The van der Waals surface area contributed by atoms with Crippen molar-refractivity contribution in [1.82, 2.24) is 5.32 Å². The quantitative estimate of drug-likeness (QED) is 0.896. The van der Waals surface area contributed by atoms with Gasteiger partial charge in [0.2, 0.25) is 0 Å². The van der Waals surface area contributed by atoms with Gasteiger partial charge in [-0.05, 0) is 22.3 Å². The summed E-state index contributed by atoms with van der Waals surface area (Å²) in [5.41, 5.74) is 4.51. The molecule has 0 aromatic heterocycles. The fourth-order valence-corrected chi connectivity index (χ4v) is 2.78. The van der Waals surface area contributed by atoms with E-state index in [1.165, 1.54) is 11.1 Å². The molecule has 1 heterocycles. The average molecular weight is 269 g/mol. The zero-order chi connectivity index (χ0) is 13.9. The second kappa shape index (κ2) is 5.75. The molecule has 0 aliphatic carbocycles. The summed E-state index contributed by atoms with van der Waals surface area (Å²) >= 11 is 0. The molecule has 2 unspecified atom stereocenters. The molecular formula is C17H19NO2. The highest BCUT2D eigenvalue weighted by Gasteiger charge is 2.28. The topological polar surface area (TPSA) is 41.5 Å². The highest BCUT2D eigenvalue weighted by molar-refractivity contribution is 5.37. The van der Waals surface area contributed by atoms with E-state index in [4.69, 9.17) is 4.74 Å². The third kappa shape index (κ3) is 2.48. The molecule has 20 heavy (non-hydrogen) atoms. The maximum absolute atomic E-state index is 10.6. The number of aliphatic hydroxyl groups is 1. The first-order chi connectivity index (χ1) is 9.79. The summed E-state index contributed by atoms with van der Waals surface area (Å²) in [5.74, 6) is 0. The van der Waals surface area contributed by atoms with E-state index in [-0.39, 0.29) is 6.04 Å². The van der Waals surface area contributed by atoms with Crippen LogP contribution in [-0.2, 0) is 17.9 Å². The Balaban J connectivity index is 1.81. The monoisotopic (exact) mass is 269 g/mol. The Morgan fingerprint density at radius 3 is 2.70 bits per heavy atom. The molecule has 1 aliphatic heterocycles. The molecule has 0 saturated heterocycles. The molecule has 3 nitrogen and oxygen atoms in total. The first-order valence-electron chi connectivity index (χ1n) is 6.86. The lowest BCUT2D eigenvalue weighted by molar-refractivity contribution is 0.133. The van der Waals surface area contributed by atoms with Gasteiger partial charge in [0.1, 0.15) is 0 Å². The smallest absolute Gasteiger partial charge is 0.0984 e. The van der Waals surface area contributed by atoms with Crippen molar-refractivity contribution in [1.29, 1.82) is 0 Å². The van der Waals surface area contributed by atoms with Gasteiger partial charge in [0, 0.05) is 13.7 Å². The van der Waals surface area contributed by atoms with E-state index >= 15 is 0 Å². The summed E-state index contributed by atoms with van der Waals surface area (Å²) in [6, 6.07) is 16.2. The minimum atomic E-state index is -0.532. The first kappa shape index (κ1) is 13.3. The molecule has 0 saturated carbocycles. The molecule has 1 aliphatic rings. The van der Waals surface area contributed by atoms with Crippen LogP contribution < -0.4 is 5.32 Å². The molecule has 0 bridgehead atoms. The van der Waals surface area contributed by atoms with Crippen LogP contribution in [0.5, 0.6) is 0 Å². The van der Waals surface area contributed by atoms with E-state index in [0.717, 1.165) is 17.7 Å². The average Bonchev–Trinajstić information content (AvgIpc) is 2.92. The van der Waals surface area contributed by atoms with Crippen LogP contribution in [0.15, 0.2) is 48.5 Å². The molecule has 104 valence electrons. The number of aliphatic hydroxyl groups excluding tert-OH is 1. The van der Waals surface area contributed by atoms with Crippen molar-refractivity contribution in [2.75, 3.05) is 7.11 Å². The van der Waals surface area contributed by atoms with Gasteiger partial charge in [-0.15, -0.1) is 0 Å². The van der Waals surface area contributed by atoms with Gasteiger partial charge in [0.25, 0.3) is 0 Å². The number of hydrogen-bond donors (Lipinski definition) is 2. The fourth-order valence-electron chi connectivity index (χ4n) is 2.78. The number of hydrogen-bond acceptors (Lipinski definition) is 3. The summed E-state index contributed by atoms with van der Waals surface area (Å²) in [6.07, 6.45) is -0.532. The van der Waals surface area contributed by atoms with Crippen molar-refractivity contribution < 1.29 is 9.84 Å². The lowest BCUT2D eigenvalue weighted by atomic mass is 9.95. The van der Waals surface area contributed by atoms with Gasteiger partial charge in [-0.2, -0.15) is 0 Å². The molecule has 3 rings (SSSR count). The standard InChI is InChI=1S/C17H19NO2/c1-20-11-12-6-8-13(9-7-12)17(19)16-15-5-3-2-4-14(15)10-18-16/h2-9,16-19H,10-11H2,1H3. The van der Waals surface area contributed by atoms with Crippen molar-refractivity contribution >= 4 is 0 Å². The van der Waals surface area contributed by atoms with E-state index in [1.54, 1.807) is 7.11 Å². The normalized spacial score (nSPS) is 18.8. The summed E-state index contributed by atoms with van der Waals surface area (Å²) in [5, 5.41) is 14.0. The minimum Gasteiger partial charge on any atom is -0.386 e. The maximum atomic E-state index is 10.6. The number of benzene rings is 2. The van der Waals surface area contributed by atoms with E-state index in [0.29, 0.717) is 6.61 Å². The Morgan fingerprint density at radius 1 is 1.20 bits per heavy atom. The zero-order valence-electron chi connectivity index (χ0n) is 11.5. The molecule has 2 aromatic rings. The van der Waals surface area contributed by atoms with Crippen molar-refractivity contribution in [2.45, 2.75) is 25.3 Å². The van der Waals surface area contributed by atoms with E-state index in [9.17, 15) is 5.11 Å². The second-order valence-electron chi connectivity index (χ2n) is 5.18. The van der Waals surface area contributed by atoms with Crippen LogP contribution in [0, 0.1) is 0 Å². The minimum absolute atomic E-state index is 0.0283. The van der Waals surface area contributed by atoms with E-state index < -0.39 is 6.10 Å². The van der Waals surface area contributed by atoms with Crippen LogP contribution in [0.25, 0.3) is 0 Å². The third-order valence-electron chi connectivity index (χ3n) is 3.85. The predicted octanol–water partition coefficient (Wildman–Crippen LogP) is 2.71. The van der Waals surface area contributed by atoms with E-state index in [1.807, 2.05) is 36.4 Å². The Bertz CT molecular complexity index is 580. The number of rotatable bonds is 4. The molecule has 3 heteroatoms. The Morgan fingerprint density at radius 2 is 1.95 bits per heavy atom. The molecule has 2 N–H and O–H groups in total.